The number of nitrogens with zero attached hydrogens (tertiary/aromatic N) is 2. The van der Waals surface area contributed by atoms with Gasteiger partial charge in [-0.05, 0) is 23.6 Å². The van der Waals surface area contributed by atoms with Crippen LogP contribution in [0.15, 0.2) is 54.7 Å². The molecule has 3 N–H and O–H groups in total. The van der Waals surface area contributed by atoms with E-state index in [-0.39, 0.29) is 24.3 Å². The number of amides is 3. The summed E-state index contributed by atoms with van der Waals surface area (Å²) in [5.74, 6) is -1.30. The minimum atomic E-state index is -0.747. The molecule has 3 aromatic rings. The van der Waals surface area contributed by atoms with Crippen molar-refractivity contribution in [2.75, 3.05) is 6.54 Å². The van der Waals surface area contributed by atoms with Gasteiger partial charge in [-0.15, -0.1) is 0 Å². The first-order valence-corrected chi connectivity index (χ1v) is 10.9. The summed E-state index contributed by atoms with van der Waals surface area (Å²) in [4.78, 5) is 39.9. The van der Waals surface area contributed by atoms with E-state index in [4.69, 9.17) is 5.73 Å². The average molecular weight is 433 g/mol. The SMILES string of the molecule is CCC(C)C(C(=O)NCC(N)=O)N1C(=O)c2ccccc2C1c1cn(C)c2ccccc12. The first kappa shape index (κ1) is 21.6. The molecule has 2 heterocycles. The highest BCUT2D eigenvalue weighted by Gasteiger charge is 2.46. The van der Waals surface area contributed by atoms with Crippen LogP contribution in [0, 0.1) is 5.92 Å². The minimum Gasteiger partial charge on any atom is -0.368 e. The van der Waals surface area contributed by atoms with Crippen molar-refractivity contribution in [3.05, 3.63) is 71.4 Å². The third-order valence-corrected chi connectivity index (χ3v) is 6.41. The molecule has 1 aliphatic rings. The number of benzene rings is 2. The normalized spacial score (nSPS) is 17.3. The average Bonchev–Trinajstić information content (AvgIpc) is 3.27. The first-order valence-electron chi connectivity index (χ1n) is 10.9. The van der Waals surface area contributed by atoms with Crippen LogP contribution < -0.4 is 11.1 Å². The summed E-state index contributed by atoms with van der Waals surface area (Å²) < 4.78 is 2.04. The van der Waals surface area contributed by atoms with Gasteiger partial charge in [0.2, 0.25) is 11.8 Å². The van der Waals surface area contributed by atoms with Crippen LogP contribution in [0.25, 0.3) is 10.9 Å². The number of fused-ring (bicyclic) bond motifs is 2. The minimum absolute atomic E-state index is 0.126. The van der Waals surface area contributed by atoms with Crippen LogP contribution in [0.4, 0.5) is 0 Å². The Balaban J connectivity index is 1.89. The number of aryl methyl sites for hydroxylation is 1. The van der Waals surface area contributed by atoms with Crippen molar-refractivity contribution in [1.29, 1.82) is 0 Å². The van der Waals surface area contributed by atoms with Crippen molar-refractivity contribution >= 4 is 28.6 Å². The van der Waals surface area contributed by atoms with E-state index in [0.29, 0.717) is 12.0 Å². The molecule has 7 heteroatoms. The van der Waals surface area contributed by atoms with E-state index in [0.717, 1.165) is 22.0 Å². The van der Waals surface area contributed by atoms with Crippen LogP contribution in [-0.4, -0.2) is 39.8 Å². The van der Waals surface area contributed by atoms with Gasteiger partial charge in [0, 0.05) is 35.3 Å². The molecule has 1 aliphatic heterocycles. The van der Waals surface area contributed by atoms with E-state index in [1.807, 2.05) is 80.2 Å². The van der Waals surface area contributed by atoms with Crippen LogP contribution in [0.1, 0.15) is 47.8 Å². The highest BCUT2D eigenvalue weighted by atomic mass is 16.2. The fraction of sp³-hybridized carbons (Fsp3) is 0.320. The maximum absolute atomic E-state index is 13.7. The number of para-hydroxylation sites is 1. The highest BCUT2D eigenvalue weighted by Crippen LogP contribution is 2.44. The van der Waals surface area contributed by atoms with Crippen molar-refractivity contribution in [2.24, 2.45) is 18.7 Å². The molecule has 0 bridgehead atoms. The Kier molecular flexibility index (Phi) is 5.74. The van der Waals surface area contributed by atoms with Crippen LogP contribution in [0.3, 0.4) is 0 Å². The molecule has 0 fully saturated rings. The summed E-state index contributed by atoms with van der Waals surface area (Å²) >= 11 is 0. The van der Waals surface area contributed by atoms with E-state index < -0.39 is 18.0 Å². The van der Waals surface area contributed by atoms with Crippen LogP contribution >= 0.6 is 0 Å². The van der Waals surface area contributed by atoms with E-state index in [9.17, 15) is 14.4 Å². The molecule has 0 spiro atoms. The molecule has 4 rings (SSSR count). The zero-order valence-corrected chi connectivity index (χ0v) is 18.5. The topological polar surface area (TPSA) is 97.4 Å². The number of nitrogens with one attached hydrogen (secondary N) is 1. The van der Waals surface area contributed by atoms with E-state index in [1.54, 1.807) is 4.90 Å². The lowest BCUT2D eigenvalue weighted by molar-refractivity contribution is -0.130. The Morgan fingerprint density at radius 1 is 1.09 bits per heavy atom. The molecular formula is C25H28N4O3. The fourth-order valence-corrected chi connectivity index (χ4v) is 4.69. The summed E-state index contributed by atoms with van der Waals surface area (Å²) in [7, 11) is 1.98. The molecule has 3 unspecified atom stereocenters. The molecule has 166 valence electrons. The fourth-order valence-electron chi connectivity index (χ4n) is 4.69. The number of aromatic nitrogens is 1. The summed E-state index contributed by atoms with van der Waals surface area (Å²) in [6, 6.07) is 14.4. The molecule has 3 amide bonds. The molecule has 7 nitrogen and oxygen atoms in total. The van der Waals surface area contributed by atoms with Gasteiger partial charge >= 0.3 is 0 Å². The molecule has 0 saturated heterocycles. The first-order chi connectivity index (χ1) is 15.3. The predicted molar refractivity (Wildman–Crippen MR) is 123 cm³/mol. The smallest absolute Gasteiger partial charge is 0.255 e. The zero-order valence-electron chi connectivity index (χ0n) is 18.5. The molecule has 0 aliphatic carbocycles. The third-order valence-electron chi connectivity index (χ3n) is 6.41. The largest absolute Gasteiger partial charge is 0.368 e. The molecule has 0 saturated carbocycles. The Hall–Kier alpha value is -3.61. The molecule has 32 heavy (non-hydrogen) atoms. The number of hydrogen-bond acceptors (Lipinski definition) is 3. The zero-order chi connectivity index (χ0) is 23.0. The molecule has 0 radical (unpaired) electrons. The second-order valence-corrected chi connectivity index (χ2v) is 8.43. The molecule has 3 atom stereocenters. The number of hydrogen-bond donors (Lipinski definition) is 2. The molecule has 2 aromatic carbocycles. The van der Waals surface area contributed by atoms with Crippen LogP contribution in [0.2, 0.25) is 0 Å². The second-order valence-electron chi connectivity index (χ2n) is 8.43. The molecule has 1 aromatic heterocycles. The van der Waals surface area contributed by atoms with E-state index in [2.05, 4.69) is 5.32 Å². The summed E-state index contributed by atoms with van der Waals surface area (Å²) in [5, 5.41) is 3.66. The van der Waals surface area contributed by atoms with Crippen molar-refractivity contribution in [3.8, 4) is 0 Å². The number of carbonyl (C=O) groups is 3. The Bertz CT molecular complexity index is 1200. The Morgan fingerprint density at radius 3 is 2.50 bits per heavy atom. The van der Waals surface area contributed by atoms with Gasteiger partial charge < -0.3 is 20.5 Å². The standard InChI is InChI=1S/C25H28N4O3/c1-4-15(2)22(24(31)27-13-21(26)30)29-23(17-10-5-6-11-18(17)25(29)32)19-14-28(3)20-12-8-7-9-16(19)20/h5-12,14-15,22-23H,4,13H2,1-3H3,(H2,26,30)(H,27,31). The summed E-state index contributed by atoms with van der Waals surface area (Å²) in [5.41, 5.74) is 8.75. The quantitative estimate of drug-likeness (QED) is 0.601. The van der Waals surface area contributed by atoms with Crippen molar-refractivity contribution in [1.82, 2.24) is 14.8 Å². The van der Waals surface area contributed by atoms with Gasteiger partial charge in [-0.1, -0.05) is 56.7 Å². The lowest BCUT2D eigenvalue weighted by Crippen LogP contribution is -2.53. The van der Waals surface area contributed by atoms with E-state index in [1.165, 1.54) is 0 Å². The molecular weight excluding hydrogens is 404 g/mol. The van der Waals surface area contributed by atoms with Crippen molar-refractivity contribution in [3.63, 3.8) is 0 Å². The summed E-state index contributed by atoms with van der Waals surface area (Å²) in [6.07, 6.45) is 2.73. The lowest BCUT2D eigenvalue weighted by atomic mass is 9.92. The van der Waals surface area contributed by atoms with Crippen molar-refractivity contribution in [2.45, 2.75) is 32.4 Å². The number of primary amides is 1. The monoisotopic (exact) mass is 432 g/mol. The van der Waals surface area contributed by atoms with E-state index >= 15 is 0 Å². The summed E-state index contributed by atoms with van der Waals surface area (Å²) in [6.45, 7) is 3.67. The predicted octanol–water partition coefficient (Wildman–Crippen LogP) is 2.74. The van der Waals surface area contributed by atoms with Crippen molar-refractivity contribution < 1.29 is 14.4 Å². The van der Waals surface area contributed by atoms with Gasteiger partial charge in [-0.3, -0.25) is 14.4 Å². The van der Waals surface area contributed by atoms with Crippen LogP contribution in [-0.2, 0) is 16.6 Å². The maximum atomic E-state index is 13.7. The Morgan fingerprint density at radius 2 is 1.78 bits per heavy atom. The highest BCUT2D eigenvalue weighted by molar-refractivity contribution is 6.03. The Labute approximate surface area is 187 Å². The van der Waals surface area contributed by atoms with Gasteiger partial charge in [0.1, 0.15) is 6.04 Å². The number of nitrogens with two attached hydrogens (primary N) is 1. The van der Waals surface area contributed by atoms with Gasteiger partial charge in [0.15, 0.2) is 0 Å². The maximum Gasteiger partial charge on any atom is 0.255 e. The second kappa shape index (κ2) is 8.49. The van der Waals surface area contributed by atoms with Gasteiger partial charge in [-0.2, -0.15) is 0 Å². The third kappa shape index (κ3) is 3.53. The number of rotatable bonds is 7. The van der Waals surface area contributed by atoms with Crippen LogP contribution in [0.5, 0.6) is 0 Å². The van der Waals surface area contributed by atoms with Gasteiger partial charge in [0.25, 0.3) is 5.91 Å². The van der Waals surface area contributed by atoms with Gasteiger partial charge in [-0.25, -0.2) is 0 Å². The van der Waals surface area contributed by atoms with Gasteiger partial charge in [0.05, 0.1) is 12.6 Å². The number of carbonyl (C=O) groups excluding carboxylic acids is 3. The lowest BCUT2D eigenvalue weighted by Gasteiger charge is -2.36.